The van der Waals surface area contributed by atoms with Crippen molar-refractivity contribution in [1.29, 1.82) is 0 Å². The fourth-order valence-electron chi connectivity index (χ4n) is 3.51. The van der Waals surface area contributed by atoms with Gasteiger partial charge in [-0.15, -0.1) is 0 Å². The summed E-state index contributed by atoms with van der Waals surface area (Å²) in [6.45, 7) is -0.383. The number of hydrogen-bond donors (Lipinski definition) is 2. The van der Waals surface area contributed by atoms with Crippen molar-refractivity contribution in [2.45, 2.75) is 6.61 Å². The molecule has 4 amide bonds. The first-order chi connectivity index (χ1) is 17.8. The Morgan fingerprint density at radius 1 is 1.16 bits per heavy atom. The summed E-state index contributed by atoms with van der Waals surface area (Å²) in [5.74, 6) is -1.25. The lowest BCUT2D eigenvalue weighted by Gasteiger charge is -2.14. The number of para-hydroxylation sites is 1. The maximum absolute atomic E-state index is 13.8. The van der Waals surface area contributed by atoms with Crippen LogP contribution in [0.4, 0.5) is 14.9 Å². The zero-order valence-electron chi connectivity index (χ0n) is 19.4. The van der Waals surface area contributed by atoms with E-state index in [-0.39, 0.29) is 18.0 Å². The number of nitrogens with zero attached hydrogens (tertiary/aromatic N) is 1. The lowest BCUT2D eigenvalue weighted by Crippen LogP contribution is -2.38. The van der Waals surface area contributed by atoms with Crippen molar-refractivity contribution < 1.29 is 28.2 Å². The van der Waals surface area contributed by atoms with Gasteiger partial charge < -0.3 is 20.1 Å². The molecular formula is C26H20BrClFN3O5. The van der Waals surface area contributed by atoms with E-state index in [4.69, 9.17) is 21.1 Å². The summed E-state index contributed by atoms with van der Waals surface area (Å²) >= 11 is 9.65. The van der Waals surface area contributed by atoms with Gasteiger partial charge in [0.15, 0.2) is 11.5 Å². The highest BCUT2D eigenvalue weighted by molar-refractivity contribution is 9.10. The lowest BCUT2D eigenvalue weighted by molar-refractivity contribution is -0.127. The monoisotopic (exact) mass is 587 g/mol. The van der Waals surface area contributed by atoms with Crippen LogP contribution in [-0.2, 0) is 16.2 Å². The molecule has 1 heterocycles. The number of nitrogens with one attached hydrogen (secondary N) is 2. The fourth-order valence-corrected chi connectivity index (χ4v) is 4.27. The standard InChI is InChI=1S/C26H20BrClFN3O5/c1-36-22-12-15(10-17(27)24(22)37-14-16-6-2-3-7-18(16)28)11-21-25(34)32(26(35)31-21)13-23(33)30-20-9-5-4-8-19(20)29/h2-12H,13-14H2,1H3,(H,30,33)(H,31,35)/b21-11-. The molecule has 0 aliphatic carbocycles. The number of anilines is 1. The molecule has 0 aromatic heterocycles. The van der Waals surface area contributed by atoms with Gasteiger partial charge in [0.25, 0.3) is 5.91 Å². The summed E-state index contributed by atoms with van der Waals surface area (Å²) in [4.78, 5) is 38.2. The number of methoxy groups -OCH3 is 1. The second-order valence-electron chi connectivity index (χ2n) is 7.82. The Morgan fingerprint density at radius 3 is 2.62 bits per heavy atom. The summed E-state index contributed by atoms with van der Waals surface area (Å²) in [5, 5.41) is 5.37. The third kappa shape index (κ3) is 6.10. The van der Waals surface area contributed by atoms with Gasteiger partial charge in [0.1, 0.15) is 24.7 Å². The Balaban J connectivity index is 1.48. The molecule has 3 aromatic rings. The van der Waals surface area contributed by atoms with Gasteiger partial charge in [-0.2, -0.15) is 0 Å². The van der Waals surface area contributed by atoms with E-state index in [0.717, 1.165) is 10.5 Å². The molecule has 0 bridgehead atoms. The van der Waals surface area contributed by atoms with Crippen LogP contribution in [0.5, 0.6) is 11.5 Å². The molecule has 0 unspecified atom stereocenters. The van der Waals surface area contributed by atoms with Crippen molar-refractivity contribution in [3.05, 3.63) is 92.8 Å². The number of hydrogen-bond acceptors (Lipinski definition) is 5. The van der Waals surface area contributed by atoms with Crippen LogP contribution in [0.15, 0.2) is 70.8 Å². The Hall–Kier alpha value is -3.89. The Labute approximate surface area is 225 Å². The molecule has 1 fully saturated rings. The van der Waals surface area contributed by atoms with Gasteiger partial charge in [-0.05, 0) is 57.9 Å². The van der Waals surface area contributed by atoms with Crippen LogP contribution in [-0.4, -0.2) is 36.4 Å². The number of ether oxygens (including phenoxy) is 2. The maximum atomic E-state index is 13.8. The topological polar surface area (TPSA) is 97.0 Å². The number of halogens is 3. The van der Waals surface area contributed by atoms with Crippen LogP contribution in [0.3, 0.4) is 0 Å². The van der Waals surface area contributed by atoms with Crippen molar-refractivity contribution in [2.75, 3.05) is 19.0 Å². The summed E-state index contributed by atoms with van der Waals surface area (Å²) in [7, 11) is 1.47. The number of amides is 4. The molecule has 0 atom stereocenters. The average Bonchev–Trinajstić information content (AvgIpc) is 3.12. The molecule has 11 heteroatoms. The first-order valence-electron chi connectivity index (χ1n) is 10.9. The third-order valence-corrected chi connectivity index (χ3v) is 6.26. The number of carbonyl (C=O) groups is 3. The molecule has 1 saturated heterocycles. The summed E-state index contributed by atoms with van der Waals surface area (Å²) in [5.41, 5.74) is 1.23. The normalized spacial score (nSPS) is 14.1. The van der Waals surface area contributed by atoms with E-state index < -0.39 is 30.2 Å². The van der Waals surface area contributed by atoms with Crippen LogP contribution in [0.25, 0.3) is 6.08 Å². The number of carbonyl (C=O) groups excluding carboxylic acids is 3. The van der Waals surface area contributed by atoms with Crippen molar-refractivity contribution in [2.24, 2.45) is 0 Å². The fraction of sp³-hybridized carbons (Fsp3) is 0.115. The van der Waals surface area contributed by atoms with E-state index in [0.29, 0.717) is 26.6 Å². The maximum Gasteiger partial charge on any atom is 0.329 e. The number of rotatable bonds is 8. The molecule has 0 radical (unpaired) electrons. The van der Waals surface area contributed by atoms with Gasteiger partial charge in [0.05, 0.1) is 17.3 Å². The highest BCUT2D eigenvalue weighted by Crippen LogP contribution is 2.38. The Kier molecular flexibility index (Phi) is 8.10. The zero-order chi connectivity index (χ0) is 26.5. The van der Waals surface area contributed by atoms with Gasteiger partial charge in [0, 0.05) is 10.6 Å². The highest BCUT2D eigenvalue weighted by Gasteiger charge is 2.35. The lowest BCUT2D eigenvalue weighted by atomic mass is 10.1. The largest absolute Gasteiger partial charge is 0.493 e. The predicted molar refractivity (Wildman–Crippen MR) is 140 cm³/mol. The first kappa shape index (κ1) is 26.2. The van der Waals surface area contributed by atoms with Crippen LogP contribution in [0, 0.1) is 5.82 Å². The van der Waals surface area contributed by atoms with Crippen LogP contribution in [0.2, 0.25) is 5.02 Å². The Bertz CT molecular complexity index is 1410. The van der Waals surface area contributed by atoms with Gasteiger partial charge in [0.2, 0.25) is 5.91 Å². The number of urea groups is 1. The molecule has 2 N–H and O–H groups in total. The van der Waals surface area contributed by atoms with Crippen LogP contribution >= 0.6 is 27.5 Å². The second kappa shape index (κ2) is 11.4. The first-order valence-corrected chi connectivity index (χ1v) is 12.1. The molecule has 1 aliphatic rings. The number of imide groups is 1. The minimum atomic E-state index is -0.773. The van der Waals surface area contributed by atoms with E-state index in [2.05, 4.69) is 26.6 Å². The molecule has 190 valence electrons. The van der Waals surface area contributed by atoms with E-state index in [9.17, 15) is 18.8 Å². The quantitative estimate of drug-likeness (QED) is 0.273. The third-order valence-electron chi connectivity index (χ3n) is 5.30. The molecule has 8 nitrogen and oxygen atoms in total. The molecule has 0 saturated carbocycles. The van der Waals surface area contributed by atoms with Crippen molar-refractivity contribution >= 4 is 57.1 Å². The predicted octanol–water partition coefficient (Wildman–Crippen LogP) is 5.36. The van der Waals surface area contributed by atoms with Gasteiger partial charge in [-0.25, -0.2) is 14.1 Å². The van der Waals surface area contributed by atoms with Gasteiger partial charge in [-0.3, -0.25) is 9.59 Å². The minimum Gasteiger partial charge on any atom is -0.493 e. The van der Waals surface area contributed by atoms with E-state index in [1.807, 2.05) is 18.2 Å². The van der Waals surface area contributed by atoms with Gasteiger partial charge in [-0.1, -0.05) is 41.9 Å². The SMILES string of the molecule is COc1cc(/C=C2\NC(=O)N(CC(=O)Nc3ccccc3F)C2=O)cc(Br)c1OCc1ccccc1Cl. The molecule has 3 aromatic carbocycles. The van der Waals surface area contributed by atoms with Crippen molar-refractivity contribution in [3.63, 3.8) is 0 Å². The molecule has 37 heavy (non-hydrogen) atoms. The second-order valence-corrected chi connectivity index (χ2v) is 9.08. The summed E-state index contributed by atoms with van der Waals surface area (Å²) < 4.78 is 25.7. The van der Waals surface area contributed by atoms with Crippen LogP contribution < -0.4 is 20.1 Å². The molecular weight excluding hydrogens is 569 g/mol. The smallest absolute Gasteiger partial charge is 0.329 e. The highest BCUT2D eigenvalue weighted by atomic mass is 79.9. The minimum absolute atomic E-state index is 0.0395. The van der Waals surface area contributed by atoms with E-state index in [1.165, 1.54) is 31.4 Å². The number of benzene rings is 3. The molecule has 1 aliphatic heterocycles. The van der Waals surface area contributed by atoms with Crippen molar-refractivity contribution in [3.8, 4) is 11.5 Å². The van der Waals surface area contributed by atoms with Crippen molar-refractivity contribution in [1.82, 2.24) is 10.2 Å². The van der Waals surface area contributed by atoms with Crippen LogP contribution in [0.1, 0.15) is 11.1 Å². The summed E-state index contributed by atoms with van der Waals surface area (Å²) in [6.07, 6.45) is 1.44. The Morgan fingerprint density at radius 2 is 1.89 bits per heavy atom. The van der Waals surface area contributed by atoms with Gasteiger partial charge >= 0.3 is 6.03 Å². The average molecular weight is 589 g/mol. The molecule has 4 rings (SSSR count). The molecule has 0 spiro atoms. The summed E-state index contributed by atoms with van der Waals surface area (Å²) in [6, 6.07) is 15.4. The zero-order valence-corrected chi connectivity index (χ0v) is 21.7. The van der Waals surface area contributed by atoms with E-state index in [1.54, 1.807) is 24.3 Å². The van der Waals surface area contributed by atoms with E-state index >= 15 is 0 Å².